The van der Waals surface area contributed by atoms with E-state index < -0.39 is 10.2 Å². The number of halogens is 2. The van der Waals surface area contributed by atoms with Gasteiger partial charge in [0, 0.05) is 5.56 Å². The van der Waals surface area contributed by atoms with Crippen molar-refractivity contribution in [2.45, 2.75) is 4.33 Å². The predicted octanol–water partition coefficient (Wildman–Crippen LogP) is 1.69. The van der Waals surface area contributed by atoms with Crippen molar-refractivity contribution < 1.29 is 4.79 Å². The molecule has 72 valence electrons. The third-order valence-corrected chi connectivity index (χ3v) is 2.60. The lowest BCUT2D eigenvalue weighted by atomic mass is 10.1. The van der Waals surface area contributed by atoms with Crippen molar-refractivity contribution in [2.75, 3.05) is 0 Å². The smallest absolute Gasteiger partial charge is 0.269 e. The number of benzene rings is 1. The molecule has 0 aromatic heterocycles. The Labute approximate surface area is 90.7 Å². The van der Waals surface area contributed by atoms with Gasteiger partial charge in [-0.25, -0.2) is 5.43 Å². The topological polar surface area (TPSA) is 41.5 Å². The molecule has 3 nitrogen and oxygen atoms in total. The molecule has 1 aromatic carbocycles. The summed E-state index contributed by atoms with van der Waals surface area (Å²) in [7, 11) is 0. The average Bonchev–Trinajstić information content (AvgIpc) is 2.44. The van der Waals surface area contributed by atoms with E-state index in [0.29, 0.717) is 5.71 Å². The zero-order valence-corrected chi connectivity index (χ0v) is 8.51. The number of carbonyl (C=O) groups excluding carboxylic acids is 1. The summed E-state index contributed by atoms with van der Waals surface area (Å²) in [5, 5.41) is 3.79. The maximum Gasteiger partial charge on any atom is 0.282 e. The van der Waals surface area contributed by atoms with Gasteiger partial charge in [0.1, 0.15) is 5.71 Å². The Balaban J connectivity index is 2.43. The minimum Gasteiger partial charge on any atom is -0.269 e. The second-order valence-electron chi connectivity index (χ2n) is 2.84. The zero-order valence-electron chi connectivity index (χ0n) is 7.00. The summed E-state index contributed by atoms with van der Waals surface area (Å²) in [5.74, 6) is -0.514. The Morgan fingerprint density at radius 2 is 1.86 bits per heavy atom. The first-order valence-electron chi connectivity index (χ1n) is 3.94. The van der Waals surface area contributed by atoms with Crippen LogP contribution in [-0.2, 0) is 4.79 Å². The molecule has 0 spiro atoms. The van der Waals surface area contributed by atoms with Crippen molar-refractivity contribution in [2.24, 2.45) is 5.10 Å². The zero-order chi connectivity index (χ0) is 10.2. The summed E-state index contributed by atoms with van der Waals surface area (Å²) in [5.41, 5.74) is 3.32. The van der Waals surface area contributed by atoms with E-state index in [1.54, 1.807) is 12.1 Å². The number of alkyl halides is 2. The highest BCUT2D eigenvalue weighted by Crippen LogP contribution is 2.30. The SMILES string of the molecule is O=C1NN=C(c2ccccc2)C1(Cl)Cl. The second kappa shape index (κ2) is 3.26. The number of hydrazone groups is 1. The molecule has 1 aromatic rings. The summed E-state index contributed by atoms with van der Waals surface area (Å²) in [6.07, 6.45) is 0. The number of carbonyl (C=O) groups is 1. The summed E-state index contributed by atoms with van der Waals surface area (Å²) in [4.78, 5) is 11.2. The van der Waals surface area contributed by atoms with Gasteiger partial charge in [-0.1, -0.05) is 53.5 Å². The number of amides is 1. The van der Waals surface area contributed by atoms with Gasteiger partial charge in [0.05, 0.1) is 0 Å². The molecule has 0 aliphatic carbocycles. The van der Waals surface area contributed by atoms with Crippen LogP contribution in [0.25, 0.3) is 0 Å². The minimum absolute atomic E-state index is 0.339. The monoisotopic (exact) mass is 228 g/mol. The van der Waals surface area contributed by atoms with Gasteiger partial charge in [0.25, 0.3) is 5.91 Å². The van der Waals surface area contributed by atoms with Crippen molar-refractivity contribution in [1.82, 2.24) is 5.43 Å². The molecule has 1 amide bonds. The van der Waals surface area contributed by atoms with Gasteiger partial charge in [-0.2, -0.15) is 5.10 Å². The number of nitrogens with zero attached hydrogens (tertiary/aromatic N) is 1. The summed E-state index contributed by atoms with van der Waals surface area (Å²) >= 11 is 11.7. The molecule has 1 aliphatic rings. The molecule has 2 rings (SSSR count). The van der Waals surface area contributed by atoms with Crippen LogP contribution in [0.2, 0.25) is 0 Å². The van der Waals surface area contributed by atoms with Crippen LogP contribution in [0.5, 0.6) is 0 Å². The lowest BCUT2D eigenvalue weighted by molar-refractivity contribution is -0.119. The Morgan fingerprint density at radius 1 is 1.21 bits per heavy atom. The average molecular weight is 229 g/mol. The largest absolute Gasteiger partial charge is 0.282 e. The van der Waals surface area contributed by atoms with Crippen molar-refractivity contribution in [3.8, 4) is 0 Å². The number of hydrogen-bond acceptors (Lipinski definition) is 2. The normalized spacial score (nSPS) is 19.0. The quantitative estimate of drug-likeness (QED) is 0.731. The van der Waals surface area contributed by atoms with E-state index in [9.17, 15) is 4.79 Å². The molecule has 1 N–H and O–H groups in total. The maximum atomic E-state index is 11.2. The molecule has 0 radical (unpaired) electrons. The maximum absolute atomic E-state index is 11.2. The van der Waals surface area contributed by atoms with Gasteiger partial charge in [0.2, 0.25) is 4.33 Å². The van der Waals surface area contributed by atoms with E-state index in [-0.39, 0.29) is 0 Å². The highest BCUT2D eigenvalue weighted by molar-refractivity contribution is 6.70. The molecule has 0 atom stereocenters. The molecular weight excluding hydrogens is 223 g/mol. The van der Waals surface area contributed by atoms with E-state index in [1.165, 1.54) is 0 Å². The first-order valence-corrected chi connectivity index (χ1v) is 4.70. The lowest BCUT2D eigenvalue weighted by Crippen LogP contribution is -2.34. The van der Waals surface area contributed by atoms with Crippen LogP contribution in [-0.4, -0.2) is 16.0 Å². The molecule has 14 heavy (non-hydrogen) atoms. The second-order valence-corrected chi connectivity index (χ2v) is 4.17. The summed E-state index contributed by atoms with van der Waals surface area (Å²) < 4.78 is -1.58. The number of rotatable bonds is 1. The number of nitrogens with one attached hydrogen (secondary N) is 1. The van der Waals surface area contributed by atoms with Crippen molar-refractivity contribution in [3.05, 3.63) is 35.9 Å². The fourth-order valence-electron chi connectivity index (χ4n) is 1.20. The van der Waals surface area contributed by atoms with E-state index in [2.05, 4.69) is 10.5 Å². The predicted molar refractivity (Wildman–Crippen MR) is 55.6 cm³/mol. The fraction of sp³-hybridized carbons (Fsp3) is 0.111. The Bertz CT molecular complexity index is 401. The molecule has 0 bridgehead atoms. The van der Waals surface area contributed by atoms with Crippen LogP contribution in [0.4, 0.5) is 0 Å². The van der Waals surface area contributed by atoms with E-state index in [0.717, 1.165) is 5.56 Å². The molecule has 0 unspecified atom stereocenters. The molecule has 0 saturated carbocycles. The van der Waals surface area contributed by atoms with Crippen LogP contribution in [0.1, 0.15) is 5.56 Å². The Morgan fingerprint density at radius 3 is 2.36 bits per heavy atom. The summed E-state index contributed by atoms with van der Waals surface area (Å²) in [6.45, 7) is 0. The third kappa shape index (κ3) is 1.38. The van der Waals surface area contributed by atoms with Crippen LogP contribution in [0, 0.1) is 0 Å². The van der Waals surface area contributed by atoms with Crippen LogP contribution in [0.3, 0.4) is 0 Å². The molecule has 0 fully saturated rings. The molecular formula is C9H6Cl2N2O. The standard InChI is InChI=1S/C9H6Cl2N2O/c10-9(11)7(12-13-8(9)14)6-4-2-1-3-5-6/h1-5H,(H,13,14). The van der Waals surface area contributed by atoms with Gasteiger partial charge < -0.3 is 0 Å². The number of hydrogen-bond donors (Lipinski definition) is 1. The first kappa shape index (κ1) is 9.49. The molecule has 5 heteroatoms. The minimum atomic E-state index is -1.58. The molecule has 0 saturated heterocycles. The molecule has 1 heterocycles. The van der Waals surface area contributed by atoms with E-state index in [4.69, 9.17) is 23.2 Å². The van der Waals surface area contributed by atoms with Gasteiger partial charge in [-0.3, -0.25) is 4.79 Å². The highest BCUT2D eigenvalue weighted by atomic mass is 35.5. The lowest BCUT2D eigenvalue weighted by Gasteiger charge is -2.11. The van der Waals surface area contributed by atoms with Crippen molar-refractivity contribution in [3.63, 3.8) is 0 Å². The van der Waals surface area contributed by atoms with Gasteiger partial charge >= 0.3 is 0 Å². The van der Waals surface area contributed by atoms with Gasteiger partial charge in [0.15, 0.2) is 0 Å². The van der Waals surface area contributed by atoms with Crippen LogP contribution >= 0.6 is 23.2 Å². The van der Waals surface area contributed by atoms with Crippen molar-refractivity contribution >= 4 is 34.8 Å². The Hall–Kier alpha value is -1.06. The highest BCUT2D eigenvalue weighted by Gasteiger charge is 2.44. The van der Waals surface area contributed by atoms with Gasteiger partial charge in [-0.15, -0.1) is 0 Å². The molecule has 1 aliphatic heterocycles. The third-order valence-electron chi connectivity index (χ3n) is 1.90. The van der Waals surface area contributed by atoms with Gasteiger partial charge in [-0.05, 0) is 0 Å². The summed E-state index contributed by atoms with van der Waals surface area (Å²) in [6, 6.07) is 9.09. The van der Waals surface area contributed by atoms with Crippen LogP contribution < -0.4 is 5.43 Å². The Kier molecular flexibility index (Phi) is 2.21. The first-order chi connectivity index (χ1) is 6.62. The van der Waals surface area contributed by atoms with Crippen LogP contribution in [0.15, 0.2) is 35.4 Å². The van der Waals surface area contributed by atoms with Crippen molar-refractivity contribution in [1.29, 1.82) is 0 Å². The fourth-order valence-corrected chi connectivity index (χ4v) is 1.58. The van der Waals surface area contributed by atoms with E-state index in [1.807, 2.05) is 18.2 Å². The van der Waals surface area contributed by atoms with E-state index >= 15 is 0 Å².